The predicted octanol–water partition coefficient (Wildman–Crippen LogP) is 4.68. The van der Waals surface area contributed by atoms with Crippen molar-refractivity contribution in [3.63, 3.8) is 0 Å². The summed E-state index contributed by atoms with van der Waals surface area (Å²) in [5.41, 5.74) is 2.92. The Hall–Kier alpha value is -5.66. The molecule has 14 heteroatoms. The number of fused-ring (bicyclic) bond motifs is 2. The molecule has 0 spiro atoms. The van der Waals surface area contributed by atoms with Gasteiger partial charge < -0.3 is 10.6 Å². The number of benzene rings is 2. The van der Waals surface area contributed by atoms with Crippen LogP contribution in [0.3, 0.4) is 0 Å². The minimum Gasteiger partial charge on any atom is -0.345 e. The fraction of sp³-hybridized carbons (Fsp3) is 0.353. The Morgan fingerprint density at radius 3 is 1.92 bits per heavy atom. The number of pyridine rings is 2. The Morgan fingerprint density at radius 1 is 0.688 bits per heavy atom. The second kappa shape index (κ2) is 17.3. The van der Waals surface area contributed by atoms with E-state index < -0.39 is 0 Å². The first-order valence-electron chi connectivity index (χ1n) is 16.3. The van der Waals surface area contributed by atoms with Crippen molar-refractivity contribution in [1.82, 2.24) is 61.0 Å². The molecule has 0 unspecified atom stereocenters. The maximum atomic E-state index is 12.3. The van der Waals surface area contributed by atoms with Gasteiger partial charge in [0.05, 0.1) is 30.7 Å². The van der Waals surface area contributed by atoms with Gasteiger partial charge in [-0.2, -0.15) is 4.80 Å². The normalized spacial score (nSPS) is 10.9. The molecule has 14 nitrogen and oxygen atoms in total. The van der Waals surface area contributed by atoms with E-state index >= 15 is 0 Å². The van der Waals surface area contributed by atoms with Crippen LogP contribution in [0.1, 0.15) is 84.7 Å². The van der Waals surface area contributed by atoms with Crippen LogP contribution in [0.25, 0.3) is 21.8 Å². The summed E-state index contributed by atoms with van der Waals surface area (Å²) < 4.78 is 1.75. The number of hydrogen-bond acceptors (Lipinski definition) is 10. The Labute approximate surface area is 278 Å². The molecule has 6 rings (SSSR count). The van der Waals surface area contributed by atoms with Crippen molar-refractivity contribution in [2.75, 3.05) is 0 Å². The van der Waals surface area contributed by atoms with E-state index in [2.05, 4.69) is 65.4 Å². The van der Waals surface area contributed by atoms with E-state index in [4.69, 9.17) is 0 Å². The van der Waals surface area contributed by atoms with E-state index in [1.165, 1.54) is 0 Å². The molecule has 2 amide bonds. The van der Waals surface area contributed by atoms with Gasteiger partial charge in [-0.25, -0.2) is 4.68 Å². The van der Waals surface area contributed by atoms with Crippen LogP contribution in [0.15, 0.2) is 73.1 Å². The highest BCUT2D eigenvalue weighted by Crippen LogP contribution is 2.14. The summed E-state index contributed by atoms with van der Waals surface area (Å²) in [6.07, 6.45) is 10.1. The number of aryl methyl sites for hydroxylation is 2. The van der Waals surface area contributed by atoms with Gasteiger partial charge in [-0.05, 0) is 77.0 Å². The average Bonchev–Trinajstić information content (AvgIpc) is 3.79. The average molecular weight is 649 g/mol. The van der Waals surface area contributed by atoms with Gasteiger partial charge >= 0.3 is 0 Å². The van der Waals surface area contributed by atoms with Gasteiger partial charge in [0, 0.05) is 40.8 Å². The molecule has 6 aromatic rings. The number of rotatable bonds is 14. The van der Waals surface area contributed by atoms with Crippen LogP contribution in [0.4, 0.5) is 0 Å². The summed E-state index contributed by atoms with van der Waals surface area (Å²) in [7, 11) is 0. The van der Waals surface area contributed by atoms with Crippen molar-refractivity contribution in [2.45, 2.75) is 78.6 Å². The quantitative estimate of drug-likeness (QED) is 0.158. The van der Waals surface area contributed by atoms with Gasteiger partial charge in [0.15, 0.2) is 11.6 Å². The second-order valence-electron chi connectivity index (χ2n) is 11.2. The van der Waals surface area contributed by atoms with Gasteiger partial charge in [-0.15, -0.1) is 15.3 Å². The third-order valence-electron chi connectivity index (χ3n) is 7.58. The molecule has 0 saturated heterocycles. The van der Waals surface area contributed by atoms with Crippen molar-refractivity contribution in [3.8, 4) is 0 Å². The molecule has 4 heterocycles. The fourth-order valence-corrected chi connectivity index (χ4v) is 4.94. The Balaban J connectivity index is 0.000000188. The molecule has 2 aromatic carbocycles. The van der Waals surface area contributed by atoms with E-state index in [0.717, 1.165) is 73.4 Å². The van der Waals surface area contributed by atoms with Gasteiger partial charge in [-0.3, -0.25) is 19.6 Å². The molecule has 0 atom stereocenters. The molecule has 0 aliphatic rings. The molecular weight excluding hydrogens is 608 g/mol. The number of aromatic nitrogens is 10. The number of carbonyl (C=O) groups is 2. The van der Waals surface area contributed by atoms with Gasteiger partial charge in [0.25, 0.3) is 11.8 Å². The molecule has 4 aromatic heterocycles. The summed E-state index contributed by atoms with van der Waals surface area (Å²) in [6, 6.07) is 18.5. The number of unbranched alkanes of at least 4 members (excludes halogenated alkanes) is 4. The van der Waals surface area contributed by atoms with Crippen LogP contribution >= 0.6 is 0 Å². The van der Waals surface area contributed by atoms with Gasteiger partial charge in [0.1, 0.15) is 0 Å². The van der Waals surface area contributed by atoms with Crippen molar-refractivity contribution in [2.24, 2.45) is 0 Å². The van der Waals surface area contributed by atoms with Crippen LogP contribution in [-0.2, 0) is 26.2 Å². The second-order valence-corrected chi connectivity index (χ2v) is 11.2. The lowest BCUT2D eigenvalue weighted by molar-refractivity contribution is 0.0941. The first-order valence-corrected chi connectivity index (χ1v) is 16.3. The van der Waals surface area contributed by atoms with Crippen LogP contribution in [-0.4, -0.2) is 62.2 Å². The van der Waals surface area contributed by atoms with Crippen molar-refractivity contribution < 1.29 is 9.59 Å². The number of carbonyl (C=O) groups excluding carboxylic acids is 2. The Bertz CT molecular complexity index is 1940. The van der Waals surface area contributed by atoms with Crippen molar-refractivity contribution in [1.29, 1.82) is 0 Å². The maximum absolute atomic E-state index is 12.3. The highest BCUT2D eigenvalue weighted by atomic mass is 16.2. The van der Waals surface area contributed by atoms with Crippen LogP contribution in [0, 0.1) is 0 Å². The molecule has 248 valence electrons. The smallest absolute Gasteiger partial charge is 0.251 e. The summed E-state index contributed by atoms with van der Waals surface area (Å²) in [5.74, 6) is 0.871. The summed E-state index contributed by atoms with van der Waals surface area (Å²) in [4.78, 5) is 34.7. The molecule has 0 aliphatic heterocycles. The standard InChI is InChI=1S/2C17H20N6O/c1-2-3-4-10-23-16(20-21-22-23)12-19-17(24)14-7-8-15-13(11-14)6-5-9-18-15;1-2-3-4-10-23-21-16(20-22-23)12-19-17(24)14-7-8-15-13(11-14)6-5-9-18-15/h2*5-9,11H,2-4,10,12H2,1H3,(H,19,24). The lowest BCUT2D eigenvalue weighted by Crippen LogP contribution is -2.25. The largest absolute Gasteiger partial charge is 0.345 e. The summed E-state index contributed by atoms with van der Waals surface area (Å²) in [6.45, 7) is 6.40. The molecule has 2 N–H and O–H groups in total. The van der Waals surface area contributed by atoms with Crippen LogP contribution in [0.5, 0.6) is 0 Å². The van der Waals surface area contributed by atoms with Gasteiger partial charge in [-0.1, -0.05) is 51.7 Å². The minimum atomic E-state index is -0.164. The zero-order chi connectivity index (χ0) is 33.6. The summed E-state index contributed by atoms with van der Waals surface area (Å²) >= 11 is 0. The van der Waals surface area contributed by atoms with Gasteiger partial charge in [0.2, 0.25) is 0 Å². The SMILES string of the molecule is CCCCCn1nnc(CNC(=O)c2ccc3ncccc3c2)n1.CCCCCn1nnnc1CNC(=O)c1ccc2ncccc2c1. The van der Waals surface area contributed by atoms with Crippen molar-refractivity contribution >= 4 is 33.6 Å². The predicted molar refractivity (Wildman–Crippen MR) is 181 cm³/mol. The highest BCUT2D eigenvalue weighted by Gasteiger charge is 2.11. The number of nitrogens with zero attached hydrogens (tertiary/aromatic N) is 10. The molecule has 0 fully saturated rings. The summed E-state index contributed by atoms with van der Waals surface area (Å²) in [5, 5.41) is 31.5. The Morgan fingerprint density at radius 2 is 1.29 bits per heavy atom. The first kappa shape index (κ1) is 33.7. The molecule has 0 saturated carbocycles. The van der Waals surface area contributed by atoms with E-state index in [1.54, 1.807) is 34.0 Å². The maximum Gasteiger partial charge on any atom is 0.251 e. The minimum absolute atomic E-state index is 0.149. The fourth-order valence-electron chi connectivity index (χ4n) is 4.94. The highest BCUT2D eigenvalue weighted by molar-refractivity contribution is 5.98. The molecule has 48 heavy (non-hydrogen) atoms. The molecule has 0 bridgehead atoms. The zero-order valence-electron chi connectivity index (χ0n) is 27.3. The lowest BCUT2D eigenvalue weighted by Gasteiger charge is -2.07. The molecule has 0 radical (unpaired) electrons. The number of tetrazole rings is 2. The number of amides is 2. The number of hydrogen-bond donors (Lipinski definition) is 2. The van der Waals surface area contributed by atoms with Crippen LogP contribution in [0.2, 0.25) is 0 Å². The number of nitrogens with one attached hydrogen (secondary N) is 2. The van der Waals surface area contributed by atoms with E-state index in [9.17, 15) is 9.59 Å². The zero-order valence-corrected chi connectivity index (χ0v) is 27.3. The third-order valence-corrected chi connectivity index (χ3v) is 7.58. The van der Waals surface area contributed by atoms with E-state index in [0.29, 0.717) is 29.3 Å². The Kier molecular flexibility index (Phi) is 12.2. The first-order chi connectivity index (χ1) is 23.5. The van der Waals surface area contributed by atoms with E-state index in [-0.39, 0.29) is 18.4 Å². The van der Waals surface area contributed by atoms with E-state index in [1.807, 2.05) is 48.5 Å². The molecule has 0 aliphatic carbocycles. The van der Waals surface area contributed by atoms with Crippen LogP contribution < -0.4 is 10.6 Å². The molecular formula is C34H40N12O2. The van der Waals surface area contributed by atoms with Crippen molar-refractivity contribution in [3.05, 3.63) is 95.8 Å². The lowest BCUT2D eigenvalue weighted by atomic mass is 10.1. The third kappa shape index (κ3) is 9.44. The monoisotopic (exact) mass is 648 g/mol. The topological polar surface area (TPSA) is 171 Å².